The van der Waals surface area contributed by atoms with Crippen LogP contribution in [0.2, 0.25) is 0 Å². The van der Waals surface area contributed by atoms with E-state index in [1.807, 2.05) is 0 Å². The molecule has 2 aromatic rings. The van der Waals surface area contributed by atoms with Crippen LogP contribution in [-0.2, 0) is 18.3 Å². The number of hydrogen-bond acceptors (Lipinski definition) is 4. The molecular formula is C18H25N3O. The molecule has 0 fully saturated rings. The normalized spacial score (nSPS) is 19.7. The minimum absolute atomic E-state index is 0.0781. The van der Waals surface area contributed by atoms with Crippen molar-refractivity contribution < 1.29 is 4.52 Å². The van der Waals surface area contributed by atoms with Crippen molar-refractivity contribution in [3.05, 3.63) is 47.1 Å². The Hall–Kier alpha value is -1.68. The Morgan fingerprint density at radius 2 is 1.95 bits per heavy atom. The van der Waals surface area contributed by atoms with Crippen molar-refractivity contribution in [1.82, 2.24) is 15.5 Å². The average molecular weight is 299 g/mol. The maximum Gasteiger partial charge on any atom is 0.243 e. The molecule has 1 N–H and O–H groups in total. The molecule has 0 aliphatic heterocycles. The van der Waals surface area contributed by atoms with E-state index >= 15 is 0 Å². The summed E-state index contributed by atoms with van der Waals surface area (Å²) in [5.41, 5.74) is 2.87. The summed E-state index contributed by atoms with van der Waals surface area (Å²) in [6, 6.07) is 9.27. The molecule has 0 bridgehead atoms. The quantitative estimate of drug-likeness (QED) is 0.941. The van der Waals surface area contributed by atoms with E-state index in [0.717, 1.165) is 25.1 Å². The third-order valence-electron chi connectivity index (χ3n) is 4.32. The Labute approximate surface area is 132 Å². The lowest BCUT2D eigenvalue weighted by atomic mass is 9.88. The van der Waals surface area contributed by atoms with Crippen LogP contribution in [0.4, 0.5) is 0 Å². The van der Waals surface area contributed by atoms with E-state index in [2.05, 4.69) is 67.4 Å². The van der Waals surface area contributed by atoms with Gasteiger partial charge in [-0.3, -0.25) is 0 Å². The van der Waals surface area contributed by atoms with E-state index in [1.54, 1.807) is 0 Å². The third-order valence-corrected chi connectivity index (χ3v) is 4.32. The van der Waals surface area contributed by atoms with Crippen LogP contribution >= 0.6 is 0 Å². The zero-order chi connectivity index (χ0) is 15.7. The highest BCUT2D eigenvalue weighted by atomic mass is 16.5. The predicted molar refractivity (Wildman–Crippen MR) is 86.8 cm³/mol. The van der Waals surface area contributed by atoms with Gasteiger partial charge in [0.05, 0.1) is 6.04 Å². The molecule has 3 rings (SSSR count). The predicted octanol–water partition coefficient (Wildman–Crippen LogP) is 3.58. The first-order valence-electron chi connectivity index (χ1n) is 8.10. The van der Waals surface area contributed by atoms with Gasteiger partial charge in [0, 0.05) is 11.5 Å². The minimum Gasteiger partial charge on any atom is -0.338 e. The summed E-state index contributed by atoms with van der Waals surface area (Å²) >= 11 is 0. The molecule has 4 nitrogen and oxygen atoms in total. The molecule has 1 aromatic heterocycles. The molecule has 1 aromatic carbocycles. The van der Waals surface area contributed by atoms with Crippen molar-refractivity contribution >= 4 is 0 Å². The zero-order valence-electron chi connectivity index (χ0n) is 13.9. The van der Waals surface area contributed by atoms with Crippen molar-refractivity contribution in [2.24, 2.45) is 0 Å². The van der Waals surface area contributed by atoms with Gasteiger partial charge in [0.15, 0.2) is 5.82 Å². The zero-order valence-corrected chi connectivity index (χ0v) is 13.9. The van der Waals surface area contributed by atoms with E-state index in [4.69, 9.17) is 4.52 Å². The van der Waals surface area contributed by atoms with Crippen molar-refractivity contribution in [3.8, 4) is 0 Å². The van der Waals surface area contributed by atoms with Gasteiger partial charge < -0.3 is 9.84 Å². The van der Waals surface area contributed by atoms with Crippen LogP contribution in [0.15, 0.2) is 28.8 Å². The van der Waals surface area contributed by atoms with Gasteiger partial charge >= 0.3 is 0 Å². The molecule has 2 atom stereocenters. The van der Waals surface area contributed by atoms with E-state index in [1.165, 1.54) is 11.1 Å². The topological polar surface area (TPSA) is 51.0 Å². The summed E-state index contributed by atoms with van der Waals surface area (Å²) in [5, 5.41) is 7.76. The molecule has 1 aliphatic rings. The lowest BCUT2D eigenvalue weighted by Crippen LogP contribution is -2.36. The maximum absolute atomic E-state index is 5.44. The average Bonchev–Trinajstić information content (AvgIpc) is 2.97. The first kappa shape index (κ1) is 15.2. The Morgan fingerprint density at radius 3 is 2.64 bits per heavy atom. The van der Waals surface area contributed by atoms with Crippen molar-refractivity contribution in [3.63, 3.8) is 0 Å². The van der Waals surface area contributed by atoms with Gasteiger partial charge in [-0.05, 0) is 37.3 Å². The Bertz CT molecular complexity index is 642. The maximum atomic E-state index is 5.44. The Balaban J connectivity index is 1.65. The molecular weight excluding hydrogens is 274 g/mol. The van der Waals surface area contributed by atoms with Gasteiger partial charge in [-0.15, -0.1) is 0 Å². The Morgan fingerprint density at radius 1 is 1.23 bits per heavy atom. The lowest BCUT2D eigenvalue weighted by Gasteiger charge is -2.27. The fraction of sp³-hybridized carbons (Fsp3) is 0.556. The van der Waals surface area contributed by atoms with Crippen LogP contribution in [-0.4, -0.2) is 16.2 Å². The molecule has 0 radical (unpaired) electrons. The van der Waals surface area contributed by atoms with Gasteiger partial charge in [-0.1, -0.05) is 50.2 Å². The van der Waals surface area contributed by atoms with Gasteiger partial charge in [-0.2, -0.15) is 4.98 Å². The largest absolute Gasteiger partial charge is 0.338 e. The monoisotopic (exact) mass is 299 g/mol. The number of fused-ring (bicyclic) bond motifs is 1. The number of aryl methyl sites for hydroxylation is 1. The number of hydrogen-bond donors (Lipinski definition) is 1. The van der Waals surface area contributed by atoms with E-state index in [9.17, 15) is 0 Å². The molecule has 1 aliphatic carbocycles. The summed E-state index contributed by atoms with van der Waals surface area (Å²) < 4.78 is 5.44. The van der Waals surface area contributed by atoms with Crippen molar-refractivity contribution in [2.75, 3.05) is 0 Å². The van der Waals surface area contributed by atoms with Crippen LogP contribution in [0.3, 0.4) is 0 Å². The molecule has 22 heavy (non-hydrogen) atoms. The number of nitrogens with one attached hydrogen (secondary N) is 1. The van der Waals surface area contributed by atoms with Crippen molar-refractivity contribution in [2.45, 2.75) is 64.5 Å². The minimum atomic E-state index is -0.0781. The molecule has 1 heterocycles. The standard InChI is InChI=1S/C18H25N3O/c1-12(16-20-17(21-22-16)18(2,3)4)19-15-10-9-13-7-5-6-8-14(13)11-15/h5-8,12,15,19H,9-11H2,1-4H3. The number of aromatic nitrogens is 2. The molecule has 0 amide bonds. The van der Waals surface area contributed by atoms with Crippen molar-refractivity contribution in [1.29, 1.82) is 0 Å². The molecule has 0 saturated heterocycles. The van der Waals surface area contributed by atoms with Crippen LogP contribution < -0.4 is 5.32 Å². The van der Waals surface area contributed by atoms with Crippen LogP contribution in [0, 0.1) is 0 Å². The first-order chi connectivity index (χ1) is 10.4. The van der Waals surface area contributed by atoms with Crippen LogP contribution in [0.5, 0.6) is 0 Å². The second kappa shape index (κ2) is 5.84. The smallest absolute Gasteiger partial charge is 0.243 e. The molecule has 0 saturated carbocycles. The van der Waals surface area contributed by atoms with Crippen LogP contribution in [0.1, 0.15) is 63.0 Å². The van der Waals surface area contributed by atoms with E-state index < -0.39 is 0 Å². The highest BCUT2D eigenvalue weighted by Gasteiger charge is 2.25. The molecule has 2 unspecified atom stereocenters. The molecule has 0 spiro atoms. The third kappa shape index (κ3) is 3.22. The summed E-state index contributed by atoms with van der Waals surface area (Å²) in [4.78, 5) is 4.55. The molecule has 4 heteroatoms. The SMILES string of the molecule is CC(NC1CCc2ccccc2C1)c1nc(C(C)(C)C)no1. The fourth-order valence-corrected chi connectivity index (χ4v) is 2.98. The number of rotatable bonds is 3. The number of benzene rings is 1. The second-order valence-electron chi connectivity index (χ2n) is 7.30. The van der Waals surface area contributed by atoms with Crippen LogP contribution in [0.25, 0.3) is 0 Å². The first-order valence-corrected chi connectivity index (χ1v) is 8.10. The summed E-state index contributed by atoms with van der Waals surface area (Å²) in [7, 11) is 0. The molecule has 118 valence electrons. The summed E-state index contributed by atoms with van der Waals surface area (Å²) in [6.07, 6.45) is 3.36. The Kier molecular flexibility index (Phi) is 4.04. The van der Waals surface area contributed by atoms with Gasteiger partial charge in [0.2, 0.25) is 5.89 Å². The van der Waals surface area contributed by atoms with E-state index in [-0.39, 0.29) is 11.5 Å². The summed E-state index contributed by atoms with van der Waals surface area (Å²) in [5.74, 6) is 1.45. The fourth-order valence-electron chi connectivity index (χ4n) is 2.98. The van der Waals surface area contributed by atoms with E-state index in [0.29, 0.717) is 11.9 Å². The van der Waals surface area contributed by atoms with Gasteiger partial charge in [0.1, 0.15) is 0 Å². The highest BCUT2D eigenvalue weighted by Crippen LogP contribution is 2.24. The number of nitrogens with zero attached hydrogens (tertiary/aromatic N) is 2. The highest BCUT2D eigenvalue weighted by molar-refractivity contribution is 5.30. The van der Waals surface area contributed by atoms with Gasteiger partial charge in [-0.25, -0.2) is 0 Å². The lowest BCUT2D eigenvalue weighted by molar-refractivity contribution is 0.309. The van der Waals surface area contributed by atoms with Gasteiger partial charge in [0.25, 0.3) is 0 Å². The summed E-state index contributed by atoms with van der Waals surface area (Å²) in [6.45, 7) is 8.38. The second-order valence-corrected chi connectivity index (χ2v) is 7.30.